The number of carbonyl (C=O) groups is 1. The monoisotopic (exact) mass is 410 g/mol. The number of nitrogens with two attached hydrogens (primary N) is 1. The molecule has 1 saturated heterocycles. The molecule has 0 amide bonds. The van der Waals surface area contributed by atoms with Crippen LogP contribution in [-0.2, 0) is 9.53 Å². The molecule has 9 nitrogen and oxygen atoms in total. The van der Waals surface area contributed by atoms with Gasteiger partial charge in [-0.3, -0.25) is 4.57 Å². The molecule has 11 heteroatoms. The molecule has 1 aliphatic heterocycles. The average molecular weight is 410 g/mol. The summed E-state index contributed by atoms with van der Waals surface area (Å²) in [6.07, 6.45) is 2.81. The highest BCUT2D eigenvalue weighted by molar-refractivity contribution is 8.00. The quantitative estimate of drug-likeness (QED) is 0.609. The minimum absolute atomic E-state index is 0.0810. The fraction of sp³-hybridized carbons (Fsp3) is 0.235. The number of aliphatic hydroxyl groups excluding tert-OH is 1. The van der Waals surface area contributed by atoms with Crippen molar-refractivity contribution < 1.29 is 29.2 Å². The predicted octanol–water partition coefficient (Wildman–Crippen LogP) is 0.403. The molecule has 2 heterocycles. The fourth-order valence-corrected chi connectivity index (χ4v) is 3.03. The van der Waals surface area contributed by atoms with E-state index < -0.39 is 35.0 Å². The van der Waals surface area contributed by atoms with Crippen LogP contribution in [0.2, 0.25) is 0 Å². The average Bonchev–Trinajstić information content (AvgIpc) is 3.14. The van der Waals surface area contributed by atoms with Crippen molar-refractivity contribution in [2.75, 3.05) is 18.1 Å². The van der Waals surface area contributed by atoms with Gasteiger partial charge in [-0.15, -0.1) is 17.5 Å². The third-order valence-corrected chi connectivity index (χ3v) is 4.54. The number of halogens is 1. The zero-order chi connectivity index (χ0) is 20.7. The number of aromatic nitrogens is 2. The summed E-state index contributed by atoms with van der Waals surface area (Å²) in [6, 6.07) is 5.92. The lowest BCUT2D eigenvalue weighted by molar-refractivity contribution is -0.268. The molecular weight excluding hydrogens is 393 g/mol. The first-order chi connectivity index (χ1) is 13.3. The van der Waals surface area contributed by atoms with Gasteiger partial charge < -0.3 is 25.8 Å². The molecule has 0 saturated carbocycles. The first kappa shape index (κ1) is 21.4. The number of hydrogen-bond donors (Lipinski definition) is 3. The van der Waals surface area contributed by atoms with Crippen LogP contribution in [0, 0.1) is 5.82 Å². The van der Waals surface area contributed by atoms with Gasteiger partial charge in [0.05, 0.1) is 12.8 Å². The molecule has 4 N–H and O–H groups in total. The van der Waals surface area contributed by atoms with Crippen molar-refractivity contribution >= 4 is 29.6 Å². The van der Waals surface area contributed by atoms with Crippen molar-refractivity contribution in [3.8, 4) is 5.75 Å². The lowest BCUT2D eigenvalue weighted by atomic mass is 10.2. The summed E-state index contributed by atoms with van der Waals surface area (Å²) in [5.74, 6) is -1.81. The molecule has 28 heavy (non-hydrogen) atoms. The van der Waals surface area contributed by atoms with Gasteiger partial charge >= 0.3 is 11.7 Å². The lowest BCUT2D eigenvalue weighted by Crippen LogP contribution is -2.29. The predicted molar refractivity (Wildman–Crippen MR) is 98.9 cm³/mol. The van der Waals surface area contributed by atoms with Gasteiger partial charge in [-0.2, -0.15) is 4.98 Å². The molecule has 3 rings (SSSR count). The van der Waals surface area contributed by atoms with Gasteiger partial charge in [0.25, 0.3) is 0 Å². The van der Waals surface area contributed by atoms with Crippen molar-refractivity contribution in [3.05, 3.63) is 58.4 Å². The van der Waals surface area contributed by atoms with Gasteiger partial charge in [0.15, 0.2) is 11.6 Å². The van der Waals surface area contributed by atoms with Crippen molar-refractivity contribution in [2.45, 2.75) is 11.7 Å². The van der Waals surface area contributed by atoms with Crippen LogP contribution in [0.25, 0.3) is 6.08 Å². The van der Waals surface area contributed by atoms with E-state index >= 15 is 0 Å². The number of anilines is 1. The number of nitrogens with zero attached hydrogens (tertiary/aromatic N) is 2. The summed E-state index contributed by atoms with van der Waals surface area (Å²) < 4.78 is 19.5. The highest BCUT2D eigenvalue weighted by atomic mass is 32.2. The zero-order valence-corrected chi connectivity index (χ0v) is 15.2. The van der Waals surface area contributed by atoms with Crippen LogP contribution in [0.4, 0.5) is 10.2 Å². The van der Waals surface area contributed by atoms with E-state index in [1.165, 1.54) is 30.0 Å². The molecular formula is C17H17FN3O6S-. The molecule has 1 aromatic carbocycles. The van der Waals surface area contributed by atoms with Crippen molar-refractivity contribution in [2.24, 2.45) is 0 Å². The summed E-state index contributed by atoms with van der Waals surface area (Å²) in [7, 11) is 0. The van der Waals surface area contributed by atoms with Crippen LogP contribution >= 0.6 is 11.8 Å². The Hall–Kier alpha value is -2.89. The number of thioether (sulfide) groups is 1. The smallest absolute Gasteiger partial charge is 0.351 e. The third-order valence-electron chi connectivity index (χ3n) is 3.43. The molecule has 150 valence electrons. The summed E-state index contributed by atoms with van der Waals surface area (Å²) in [4.78, 5) is 24.8. The molecule has 1 aliphatic rings. The number of hydrogen-bond acceptors (Lipinski definition) is 8. The second-order valence-electron chi connectivity index (χ2n) is 5.44. The molecule has 1 fully saturated rings. The molecule has 0 bridgehead atoms. The zero-order valence-electron chi connectivity index (χ0n) is 14.4. The van der Waals surface area contributed by atoms with E-state index in [9.17, 15) is 19.1 Å². The Morgan fingerprint density at radius 1 is 1.46 bits per heavy atom. The van der Waals surface area contributed by atoms with Gasteiger partial charge in [0.2, 0.25) is 0 Å². The van der Waals surface area contributed by atoms with Gasteiger partial charge in [-0.1, -0.05) is 24.3 Å². The van der Waals surface area contributed by atoms with Crippen LogP contribution in [0.1, 0.15) is 11.8 Å². The third kappa shape index (κ3) is 6.08. The van der Waals surface area contributed by atoms with Crippen molar-refractivity contribution in [3.63, 3.8) is 0 Å². The van der Waals surface area contributed by atoms with Crippen LogP contribution in [0.15, 0.2) is 41.3 Å². The first-order valence-corrected chi connectivity index (χ1v) is 8.95. The number of ether oxygens (including phenoxy) is 1. The molecule has 0 aliphatic carbocycles. The van der Waals surface area contributed by atoms with Crippen molar-refractivity contribution in [1.29, 1.82) is 0 Å². The topological polar surface area (TPSA) is 151 Å². The highest BCUT2D eigenvalue weighted by Crippen LogP contribution is 2.30. The van der Waals surface area contributed by atoms with E-state index in [0.717, 1.165) is 16.8 Å². The maximum atomic E-state index is 13.1. The fourth-order valence-electron chi connectivity index (χ4n) is 2.10. The minimum atomic E-state index is -0.999. The normalized spacial score (nSPS) is 18.6. The minimum Gasteiger partial charge on any atom is -0.872 e. The first-order valence-electron chi connectivity index (χ1n) is 7.90. The molecule has 0 radical (unpaired) electrons. The van der Waals surface area contributed by atoms with E-state index in [1.54, 1.807) is 12.1 Å². The van der Waals surface area contributed by atoms with E-state index in [1.807, 2.05) is 0 Å². The lowest BCUT2D eigenvalue weighted by Gasteiger charge is -2.13. The number of benzene rings is 1. The summed E-state index contributed by atoms with van der Waals surface area (Å²) >= 11 is 1.35. The number of carboxylic acids is 1. The van der Waals surface area contributed by atoms with Crippen LogP contribution in [-0.4, -0.2) is 43.5 Å². The largest absolute Gasteiger partial charge is 0.872 e. The van der Waals surface area contributed by atoms with Gasteiger partial charge in [-0.25, -0.2) is 14.0 Å². The Morgan fingerprint density at radius 3 is 2.71 bits per heavy atom. The maximum Gasteiger partial charge on any atom is 0.351 e. The molecule has 2 aromatic rings. The summed E-state index contributed by atoms with van der Waals surface area (Å²) in [5, 5.41) is 27.8. The summed E-state index contributed by atoms with van der Waals surface area (Å²) in [6.45, 7) is -0.152. The van der Waals surface area contributed by atoms with Crippen LogP contribution in [0.3, 0.4) is 0 Å². The van der Waals surface area contributed by atoms with Crippen LogP contribution < -0.4 is 16.5 Å². The Balaban J connectivity index is 0.000000209. The molecule has 0 unspecified atom stereocenters. The van der Waals surface area contributed by atoms with Gasteiger partial charge in [-0.05, 0) is 11.6 Å². The Bertz CT molecular complexity index is 903. The highest BCUT2D eigenvalue weighted by Gasteiger charge is 2.28. The summed E-state index contributed by atoms with van der Waals surface area (Å²) in [5.41, 5.74) is 4.81. The van der Waals surface area contributed by atoms with E-state index in [2.05, 4.69) is 4.98 Å². The standard InChI is InChI=1S/C9H8O3.C8H10FN3O3S/c10-8-4-1-7(2-5-8)3-6-9(11)12;9-4-1-12(8(14)11-7(4)10)5-3-16-6(2-13)15-5/h1-6,10H,(H,11,12);1,5-6,13H,2-3H2,(H2,10,11,14)/p-1/b6-3+;/t;5-,6+/m.0/s1. The van der Waals surface area contributed by atoms with E-state index in [0.29, 0.717) is 11.3 Å². The second-order valence-corrected chi connectivity index (χ2v) is 6.63. The Labute approximate surface area is 162 Å². The molecule has 0 spiro atoms. The number of carboxylic acid groups (broad SMARTS) is 1. The second kappa shape index (κ2) is 9.88. The number of rotatable bonds is 4. The van der Waals surface area contributed by atoms with Crippen molar-refractivity contribution in [1.82, 2.24) is 9.55 Å². The van der Waals surface area contributed by atoms with Crippen LogP contribution in [0.5, 0.6) is 5.75 Å². The Kier molecular flexibility index (Phi) is 7.55. The SMILES string of the molecule is Nc1nc(=O)n([C@@H]2CS[C@H](CO)O2)cc1F.O=C(O)/C=C/c1ccc([O-])cc1. The van der Waals surface area contributed by atoms with Gasteiger partial charge in [0.1, 0.15) is 11.7 Å². The number of aliphatic hydroxyl groups is 1. The van der Waals surface area contributed by atoms with E-state index in [-0.39, 0.29) is 12.4 Å². The number of nitrogen functional groups attached to an aromatic ring is 1. The number of aliphatic carboxylic acids is 1. The van der Waals surface area contributed by atoms with Gasteiger partial charge in [0, 0.05) is 11.8 Å². The Morgan fingerprint density at radius 2 is 2.14 bits per heavy atom. The van der Waals surface area contributed by atoms with E-state index in [4.69, 9.17) is 20.7 Å². The molecule has 2 atom stereocenters. The maximum absolute atomic E-state index is 13.1. The molecule has 1 aromatic heterocycles.